The quantitative estimate of drug-likeness (QED) is 0.355. The van der Waals surface area contributed by atoms with E-state index in [-0.39, 0.29) is 6.10 Å². The lowest BCUT2D eigenvalue weighted by Crippen LogP contribution is -2.05. The van der Waals surface area contributed by atoms with Crippen LogP contribution in [-0.4, -0.2) is 24.6 Å². The van der Waals surface area contributed by atoms with Crippen LogP contribution in [0.25, 0.3) is 0 Å². The third-order valence-corrected chi connectivity index (χ3v) is 1.50. The zero-order chi connectivity index (χ0) is 10.1. The molecule has 3 nitrogen and oxygen atoms in total. The third kappa shape index (κ3) is 9.05. The van der Waals surface area contributed by atoms with Gasteiger partial charge in [-0.2, -0.15) is 0 Å². The average molecular weight is 184 g/mol. The van der Waals surface area contributed by atoms with Crippen LogP contribution in [0.2, 0.25) is 0 Å². The van der Waals surface area contributed by atoms with Gasteiger partial charge in [-0.25, -0.2) is 0 Å². The molecule has 0 aromatic carbocycles. The van der Waals surface area contributed by atoms with Gasteiger partial charge >= 0.3 is 0 Å². The molecule has 0 amide bonds. The van der Waals surface area contributed by atoms with Gasteiger partial charge in [0.2, 0.25) is 0 Å². The van der Waals surface area contributed by atoms with Gasteiger partial charge in [-0.05, 0) is 46.8 Å². The van der Waals surface area contributed by atoms with Gasteiger partial charge in [0, 0.05) is 6.54 Å². The van der Waals surface area contributed by atoms with E-state index in [4.69, 9.17) is 4.84 Å². The molecule has 0 spiro atoms. The Kier molecular flexibility index (Phi) is 7.26. The molecule has 0 aromatic heterocycles. The third-order valence-electron chi connectivity index (χ3n) is 1.50. The molecule has 0 aromatic rings. The monoisotopic (exact) mass is 184 g/mol. The summed E-state index contributed by atoms with van der Waals surface area (Å²) in [5.41, 5.74) is 0.957. The number of aliphatic imine (C=N–C) groups is 1. The molecule has 76 valence electrons. The molecule has 0 aliphatic carbocycles. The number of hydrogen-bond acceptors (Lipinski definition) is 3. The van der Waals surface area contributed by atoms with Gasteiger partial charge in [-0.1, -0.05) is 5.16 Å². The number of hydrogen-bond donors (Lipinski definition) is 0. The summed E-state index contributed by atoms with van der Waals surface area (Å²) in [6.07, 6.45) is 4.10. The highest BCUT2D eigenvalue weighted by Gasteiger charge is 2.00. The van der Waals surface area contributed by atoms with E-state index in [1.165, 1.54) is 0 Å². The standard InChI is InChI=1S/C10H20N2O/c1-5-11-8-6-7-10(4)13-12-9(2)3/h5,10H,6-8H2,1-4H3. The van der Waals surface area contributed by atoms with Crippen molar-refractivity contribution >= 4 is 11.9 Å². The smallest absolute Gasteiger partial charge is 0.124 e. The van der Waals surface area contributed by atoms with Crippen molar-refractivity contribution in [3.05, 3.63) is 0 Å². The molecule has 0 radical (unpaired) electrons. The molecular weight excluding hydrogens is 164 g/mol. The Bertz CT molecular complexity index is 172. The van der Waals surface area contributed by atoms with Crippen LogP contribution in [0.3, 0.4) is 0 Å². The highest BCUT2D eigenvalue weighted by molar-refractivity contribution is 5.78. The maximum atomic E-state index is 5.22. The lowest BCUT2D eigenvalue weighted by Gasteiger charge is -2.08. The fraction of sp³-hybridized carbons (Fsp3) is 0.800. The van der Waals surface area contributed by atoms with E-state index in [1.54, 1.807) is 0 Å². The maximum absolute atomic E-state index is 5.22. The fourth-order valence-corrected chi connectivity index (χ4v) is 0.847. The van der Waals surface area contributed by atoms with Crippen molar-refractivity contribution in [2.45, 2.75) is 46.6 Å². The van der Waals surface area contributed by atoms with Gasteiger partial charge in [0.05, 0.1) is 5.71 Å². The predicted octanol–water partition coefficient (Wildman–Crippen LogP) is 2.66. The highest BCUT2D eigenvalue weighted by Crippen LogP contribution is 2.02. The van der Waals surface area contributed by atoms with Gasteiger partial charge in [-0.15, -0.1) is 0 Å². The molecule has 0 aliphatic rings. The molecule has 3 heteroatoms. The maximum Gasteiger partial charge on any atom is 0.124 e. The van der Waals surface area contributed by atoms with E-state index >= 15 is 0 Å². The molecule has 0 saturated heterocycles. The Labute approximate surface area is 80.9 Å². The van der Waals surface area contributed by atoms with Crippen LogP contribution in [0.5, 0.6) is 0 Å². The number of nitrogens with zero attached hydrogens (tertiary/aromatic N) is 2. The lowest BCUT2D eigenvalue weighted by molar-refractivity contribution is 0.0652. The normalized spacial score (nSPS) is 12.9. The van der Waals surface area contributed by atoms with Crippen molar-refractivity contribution < 1.29 is 4.84 Å². The SMILES string of the molecule is CC=NCCCC(C)ON=C(C)C. The van der Waals surface area contributed by atoms with Crippen molar-refractivity contribution in [2.24, 2.45) is 10.1 Å². The minimum Gasteiger partial charge on any atom is -0.393 e. The molecule has 0 saturated carbocycles. The van der Waals surface area contributed by atoms with Crippen molar-refractivity contribution in [3.8, 4) is 0 Å². The van der Waals surface area contributed by atoms with E-state index in [9.17, 15) is 0 Å². The lowest BCUT2D eigenvalue weighted by atomic mass is 10.2. The molecule has 1 atom stereocenters. The van der Waals surface area contributed by atoms with Crippen molar-refractivity contribution in [1.29, 1.82) is 0 Å². The van der Waals surface area contributed by atoms with E-state index in [0.717, 1.165) is 25.1 Å². The van der Waals surface area contributed by atoms with Crippen LogP contribution >= 0.6 is 0 Å². The molecule has 0 heterocycles. The zero-order valence-corrected chi connectivity index (χ0v) is 9.08. The van der Waals surface area contributed by atoms with Crippen LogP contribution in [-0.2, 0) is 4.84 Å². The van der Waals surface area contributed by atoms with E-state index in [2.05, 4.69) is 10.1 Å². The largest absolute Gasteiger partial charge is 0.393 e. The van der Waals surface area contributed by atoms with Crippen molar-refractivity contribution in [3.63, 3.8) is 0 Å². The first kappa shape index (κ1) is 12.1. The second-order valence-corrected chi connectivity index (χ2v) is 3.26. The van der Waals surface area contributed by atoms with Crippen molar-refractivity contribution in [1.82, 2.24) is 0 Å². The Morgan fingerprint density at radius 3 is 2.69 bits per heavy atom. The van der Waals surface area contributed by atoms with Gasteiger partial charge in [0.1, 0.15) is 6.10 Å². The van der Waals surface area contributed by atoms with Crippen LogP contribution in [0.1, 0.15) is 40.5 Å². The van der Waals surface area contributed by atoms with E-state index < -0.39 is 0 Å². The van der Waals surface area contributed by atoms with Crippen LogP contribution in [0, 0.1) is 0 Å². The molecular formula is C10H20N2O. The first-order valence-electron chi connectivity index (χ1n) is 4.78. The first-order chi connectivity index (χ1) is 6.16. The Morgan fingerprint density at radius 2 is 2.15 bits per heavy atom. The van der Waals surface area contributed by atoms with Gasteiger partial charge in [0.15, 0.2) is 0 Å². The van der Waals surface area contributed by atoms with Crippen LogP contribution in [0.15, 0.2) is 10.1 Å². The highest BCUT2D eigenvalue weighted by atomic mass is 16.6. The summed E-state index contributed by atoms with van der Waals surface area (Å²) in [6.45, 7) is 8.70. The zero-order valence-electron chi connectivity index (χ0n) is 9.08. The summed E-state index contributed by atoms with van der Waals surface area (Å²) in [5.74, 6) is 0. The van der Waals surface area contributed by atoms with Gasteiger partial charge in [-0.3, -0.25) is 4.99 Å². The molecule has 0 aliphatic heterocycles. The summed E-state index contributed by atoms with van der Waals surface area (Å²) < 4.78 is 0. The van der Waals surface area contributed by atoms with Gasteiger partial charge < -0.3 is 4.84 Å². The van der Waals surface area contributed by atoms with Crippen molar-refractivity contribution in [2.75, 3.05) is 6.54 Å². The minimum absolute atomic E-state index is 0.196. The van der Waals surface area contributed by atoms with Gasteiger partial charge in [0.25, 0.3) is 0 Å². The Balaban J connectivity index is 3.40. The summed E-state index contributed by atoms with van der Waals surface area (Å²) in [4.78, 5) is 9.34. The predicted molar refractivity (Wildman–Crippen MR) is 57.6 cm³/mol. The van der Waals surface area contributed by atoms with Crippen LogP contribution in [0.4, 0.5) is 0 Å². The first-order valence-corrected chi connectivity index (χ1v) is 4.78. The second-order valence-electron chi connectivity index (χ2n) is 3.26. The molecule has 1 unspecified atom stereocenters. The molecule has 0 bridgehead atoms. The molecule has 0 N–H and O–H groups in total. The number of rotatable bonds is 6. The average Bonchev–Trinajstić information content (AvgIpc) is 2.09. The van der Waals surface area contributed by atoms with E-state index in [1.807, 2.05) is 33.9 Å². The summed E-state index contributed by atoms with van der Waals surface area (Å²) >= 11 is 0. The summed E-state index contributed by atoms with van der Waals surface area (Å²) in [6, 6.07) is 0. The summed E-state index contributed by atoms with van der Waals surface area (Å²) in [7, 11) is 0. The second kappa shape index (κ2) is 7.77. The Morgan fingerprint density at radius 1 is 1.46 bits per heavy atom. The fourth-order valence-electron chi connectivity index (χ4n) is 0.847. The van der Waals surface area contributed by atoms with E-state index in [0.29, 0.717) is 0 Å². The summed E-state index contributed by atoms with van der Waals surface area (Å²) in [5, 5.41) is 3.90. The molecule has 0 fully saturated rings. The van der Waals surface area contributed by atoms with Crippen LogP contribution < -0.4 is 0 Å². The Hall–Kier alpha value is -0.860. The minimum atomic E-state index is 0.196. The number of oxime groups is 1. The topological polar surface area (TPSA) is 34.0 Å². The molecule has 0 rings (SSSR count). The molecule has 13 heavy (non-hydrogen) atoms.